The molecule has 2 unspecified atom stereocenters. The molecule has 0 N–H and O–H groups in total. The molecule has 1 aromatic rings. The molecule has 0 radical (unpaired) electrons. The van der Waals surface area contributed by atoms with Crippen LogP contribution in [0.4, 0.5) is 0 Å². The van der Waals surface area contributed by atoms with E-state index in [0.717, 1.165) is 19.6 Å². The van der Waals surface area contributed by atoms with Crippen molar-refractivity contribution in [3.63, 3.8) is 0 Å². The lowest BCUT2D eigenvalue weighted by Crippen LogP contribution is -2.34. The van der Waals surface area contributed by atoms with E-state index in [1.54, 1.807) is 12.1 Å². The van der Waals surface area contributed by atoms with Crippen LogP contribution in [0.25, 0.3) is 0 Å². The van der Waals surface area contributed by atoms with Crippen LogP contribution in [0.5, 0.6) is 0 Å². The zero-order valence-electron chi connectivity index (χ0n) is 12.5. The summed E-state index contributed by atoms with van der Waals surface area (Å²) in [5, 5.41) is 0.554. The minimum absolute atomic E-state index is 0.136. The first-order valence-corrected chi connectivity index (χ1v) is 7.53. The molecule has 1 fully saturated rings. The maximum atomic E-state index is 12.2. The Morgan fingerprint density at radius 3 is 2.65 bits per heavy atom. The lowest BCUT2D eigenvalue weighted by molar-refractivity contribution is 0.0967. The maximum absolute atomic E-state index is 12.2. The summed E-state index contributed by atoms with van der Waals surface area (Å²) in [5.74, 6) is 0.789. The van der Waals surface area contributed by atoms with Gasteiger partial charge in [0.05, 0.1) is 5.02 Å². The van der Waals surface area contributed by atoms with Gasteiger partial charge in [0.1, 0.15) is 0 Å². The number of nitrogens with zero attached hydrogens (tertiary/aromatic N) is 2. The summed E-state index contributed by atoms with van der Waals surface area (Å²) >= 11 is 6.06. The van der Waals surface area contributed by atoms with Crippen LogP contribution in [-0.2, 0) is 0 Å². The monoisotopic (exact) mass is 294 g/mol. The fourth-order valence-corrected chi connectivity index (χ4v) is 3.23. The minimum Gasteiger partial charge on any atom is -0.305 e. The van der Waals surface area contributed by atoms with Crippen LogP contribution in [-0.4, -0.2) is 55.4 Å². The molecule has 4 heteroatoms. The highest BCUT2D eigenvalue weighted by molar-refractivity contribution is 6.33. The molecule has 0 aromatic heterocycles. The van der Waals surface area contributed by atoms with Crippen molar-refractivity contribution in [2.24, 2.45) is 5.92 Å². The SMILES string of the molecule is CC1CN(CCC(=O)c2ccccc2Cl)CC1N(C)C. The maximum Gasteiger partial charge on any atom is 0.165 e. The second kappa shape index (κ2) is 6.70. The number of likely N-dealkylation sites (N-methyl/N-ethyl adjacent to an activating group) is 1. The van der Waals surface area contributed by atoms with Gasteiger partial charge in [-0.05, 0) is 32.1 Å². The second-order valence-corrected chi connectivity index (χ2v) is 6.33. The van der Waals surface area contributed by atoms with Crippen molar-refractivity contribution in [1.82, 2.24) is 9.80 Å². The number of hydrogen-bond donors (Lipinski definition) is 0. The van der Waals surface area contributed by atoms with E-state index < -0.39 is 0 Å². The second-order valence-electron chi connectivity index (χ2n) is 5.92. The van der Waals surface area contributed by atoms with E-state index in [1.165, 1.54) is 0 Å². The van der Waals surface area contributed by atoms with E-state index >= 15 is 0 Å². The fourth-order valence-electron chi connectivity index (χ4n) is 2.98. The normalized spacial score (nSPS) is 23.4. The lowest BCUT2D eigenvalue weighted by Gasteiger charge is -2.22. The number of rotatable bonds is 5. The fraction of sp³-hybridized carbons (Fsp3) is 0.562. The summed E-state index contributed by atoms with van der Waals surface area (Å²) in [6.45, 7) is 5.21. The zero-order valence-corrected chi connectivity index (χ0v) is 13.2. The van der Waals surface area contributed by atoms with Gasteiger partial charge in [-0.1, -0.05) is 30.7 Å². The molecule has 1 saturated heterocycles. The van der Waals surface area contributed by atoms with Crippen molar-refractivity contribution >= 4 is 17.4 Å². The highest BCUT2D eigenvalue weighted by Crippen LogP contribution is 2.21. The van der Waals surface area contributed by atoms with Crippen molar-refractivity contribution in [3.8, 4) is 0 Å². The van der Waals surface area contributed by atoms with Gasteiger partial charge in [-0.15, -0.1) is 0 Å². The molecule has 110 valence electrons. The molecule has 20 heavy (non-hydrogen) atoms. The first-order chi connectivity index (χ1) is 9.49. The van der Waals surface area contributed by atoms with Crippen molar-refractivity contribution in [2.75, 3.05) is 33.7 Å². The molecule has 0 aliphatic carbocycles. The van der Waals surface area contributed by atoms with Crippen molar-refractivity contribution < 1.29 is 4.79 Å². The van der Waals surface area contributed by atoms with Gasteiger partial charge in [-0.25, -0.2) is 0 Å². The van der Waals surface area contributed by atoms with Crippen molar-refractivity contribution in [2.45, 2.75) is 19.4 Å². The molecule has 1 heterocycles. The largest absolute Gasteiger partial charge is 0.305 e. The Kier molecular flexibility index (Phi) is 5.19. The average Bonchev–Trinajstić information content (AvgIpc) is 2.78. The van der Waals surface area contributed by atoms with E-state index in [4.69, 9.17) is 11.6 Å². The van der Waals surface area contributed by atoms with E-state index in [-0.39, 0.29) is 5.78 Å². The third-order valence-electron chi connectivity index (χ3n) is 4.14. The van der Waals surface area contributed by atoms with Crippen LogP contribution in [0.15, 0.2) is 24.3 Å². The third kappa shape index (κ3) is 3.60. The number of carbonyl (C=O) groups excluding carboxylic acids is 1. The van der Waals surface area contributed by atoms with Gasteiger partial charge in [-0.3, -0.25) is 4.79 Å². The quantitative estimate of drug-likeness (QED) is 0.780. The Bertz CT molecular complexity index is 475. The Hall–Kier alpha value is -0.900. The van der Waals surface area contributed by atoms with Crippen LogP contribution >= 0.6 is 11.6 Å². The van der Waals surface area contributed by atoms with Gasteiger partial charge >= 0.3 is 0 Å². The van der Waals surface area contributed by atoms with Gasteiger partial charge in [-0.2, -0.15) is 0 Å². The molecule has 2 rings (SSSR count). The highest BCUT2D eigenvalue weighted by atomic mass is 35.5. The summed E-state index contributed by atoms with van der Waals surface area (Å²) in [6.07, 6.45) is 0.538. The summed E-state index contributed by atoms with van der Waals surface area (Å²) in [4.78, 5) is 16.9. The molecule has 0 spiro atoms. The van der Waals surface area contributed by atoms with Crippen LogP contribution in [0.2, 0.25) is 5.02 Å². The third-order valence-corrected chi connectivity index (χ3v) is 4.47. The van der Waals surface area contributed by atoms with E-state index in [0.29, 0.717) is 29.0 Å². The first kappa shape index (κ1) is 15.5. The number of hydrogen-bond acceptors (Lipinski definition) is 3. The zero-order chi connectivity index (χ0) is 14.7. The Balaban J connectivity index is 1.88. The Morgan fingerprint density at radius 1 is 1.35 bits per heavy atom. The number of ketones is 1. The molecule has 1 aromatic carbocycles. The van der Waals surface area contributed by atoms with Crippen molar-refractivity contribution in [3.05, 3.63) is 34.9 Å². The Morgan fingerprint density at radius 2 is 2.05 bits per heavy atom. The molecule has 0 saturated carbocycles. The molecular weight excluding hydrogens is 272 g/mol. The van der Waals surface area contributed by atoms with Crippen LogP contribution in [0, 0.1) is 5.92 Å². The topological polar surface area (TPSA) is 23.6 Å². The van der Waals surface area contributed by atoms with Gasteiger partial charge in [0.25, 0.3) is 0 Å². The number of benzene rings is 1. The van der Waals surface area contributed by atoms with Gasteiger partial charge in [0.2, 0.25) is 0 Å². The summed E-state index contributed by atoms with van der Waals surface area (Å²) in [5.41, 5.74) is 0.644. The van der Waals surface area contributed by atoms with Crippen molar-refractivity contribution in [1.29, 1.82) is 0 Å². The number of carbonyl (C=O) groups is 1. The van der Waals surface area contributed by atoms with Gasteiger partial charge in [0.15, 0.2) is 5.78 Å². The predicted molar refractivity (Wildman–Crippen MR) is 83.5 cm³/mol. The number of halogens is 1. The predicted octanol–water partition coefficient (Wildman–Crippen LogP) is 2.79. The summed E-state index contributed by atoms with van der Waals surface area (Å²) < 4.78 is 0. The lowest BCUT2D eigenvalue weighted by atomic mass is 10.1. The van der Waals surface area contributed by atoms with E-state index in [2.05, 4.69) is 30.8 Å². The standard InChI is InChI=1S/C16H23ClN2O/c1-12-10-19(11-15(12)18(2)3)9-8-16(20)13-6-4-5-7-14(13)17/h4-7,12,15H,8-11H2,1-3H3. The van der Waals surface area contributed by atoms with Crippen LogP contribution in [0.1, 0.15) is 23.7 Å². The first-order valence-electron chi connectivity index (χ1n) is 7.15. The number of likely N-dealkylation sites (tertiary alicyclic amines) is 1. The highest BCUT2D eigenvalue weighted by Gasteiger charge is 2.30. The Labute approximate surface area is 126 Å². The molecule has 0 bridgehead atoms. The minimum atomic E-state index is 0.136. The van der Waals surface area contributed by atoms with Crippen LogP contribution in [0.3, 0.4) is 0 Å². The summed E-state index contributed by atoms with van der Waals surface area (Å²) in [7, 11) is 4.25. The number of Topliss-reactive ketones (excluding diaryl/α,β-unsaturated/α-hetero) is 1. The molecule has 0 amide bonds. The summed E-state index contributed by atoms with van der Waals surface area (Å²) in [6, 6.07) is 7.88. The average molecular weight is 295 g/mol. The van der Waals surface area contributed by atoms with Gasteiger partial charge < -0.3 is 9.80 Å². The smallest absolute Gasteiger partial charge is 0.165 e. The molecule has 2 atom stereocenters. The van der Waals surface area contributed by atoms with E-state index in [9.17, 15) is 4.79 Å². The molecule has 3 nitrogen and oxygen atoms in total. The van der Waals surface area contributed by atoms with Gasteiger partial charge in [0, 0.05) is 37.7 Å². The molecular formula is C16H23ClN2O. The van der Waals surface area contributed by atoms with Crippen LogP contribution < -0.4 is 0 Å². The van der Waals surface area contributed by atoms with E-state index in [1.807, 2.05) is 12.1 Å². The molecule has 1 aliphatic heterocycles. The molecule has 1 aliphatic rings.